The zero-order valence-electron chi connectivity index (χ0n) is 8.97. The van der Waals surface area contributed by atoms with E-state index in [0.29, 0.717) is 0 Å². The van der Waals surface area contributed by atoms with Gasteiger partial charge in [-0.25, -0.2) is 5.43 Å². The summed E-state index contributed by atoms with van der Waals surface area (Å²) < 4.78 is 0. The van der Waals surface area contributed by atoms with E-state index in [-0.39, 0.29) is 18.2 Å². The number of anilines is 1. The fraction of sp³-hybridized carbons (Fsp3) is 0.182. The number of fused-ring (bicyclic) bond motifs is 1. The van der Waals surface area contributed by atoms with Gasteiger partial charge in [0.15, 0.2) is 0 Å². The van der Waals surface area contributed by atoms with Gasteiger partial charge in [0.2, 0.25) is 11.8 Å². The second-order valence-electron chi connectivity index (χ2n) is 3.49. The minimum absolute atomic E-state index is 0.0872. The zero-order chi connectivity index (χ0) is 12.3. The summed E-state index contributed by atoms with van der Waals surface area (Å²) in [5.74, 6) is -0.472. The molecule has 1 aromatic rings. The Bertz CT molecular complexity index is 476. The normalized spacial score (nSPS) is 17.9. The highest BCUT2D eigenvalue weighted by molar-refractivity contribution is 8.01. The molecule has 0 radical (unpaired) electrons. The van der Waals surface area contributed by atoms with E-state index >= 15 is 0 Å². The molecular formula is C11H11N3O2S. The standard InChI is InChI=1S/C11H11N3O2S/c1-12-14-10(15)6-9-11(16)13-7-4-2-3-5-8(7)17-9/h2-5,9H,1,6H2,(H,13,16)(H,14,15). The summed E-state index contributed by atoms with van der Waals surface area (Å²) in [5.41, 5.74) is 3.01. The maximum atomic E-state index is 11.7. The molecule has 6 heteroatoms. The maximum absolute atomic E-state index is 11.7. The van der Waals surface area contributed by atoms with Gasteiger partial charge < -0.3 is 5.32 Å². The fourth-order valence-corrected chi connectivity index (χ4v) is 2.64. The van der Waals surface area contributed by atoms with Gasteiger partial charge in [0, 0.05) is 18.0 Å². The SMILES string of the molecule is C=NNC(=O)CC1Sc2ccccc2NC1=O. The van der Waals surface area contributed by atoms with Crippen LogP contribution < -0.4 is 10.7 Å². The fourth-order valence-electron chi connectivity index (χ4n) is 1.53. The van der Waals surface area contributed by atoms with Crippen molar-refractivity contribution >= 4 is 36.0 Å². The van der Waals surface area contributed by atoms with E-state index in [2.05, 4.69) is 22.6 Å². The molecule has 1 heterocycles. The number of hydrogen-bond donors (Lipinski definition) is 2. The molecule has 5 nitrogen and oxygen atoms in total. The van der Waals surface area contributed by atoms with Gasteiger partial charge in [-0.1, -0.05) is 12.1 Å². The van der Waals surface area contributed by atoms with Crippen LogP contribution in [0.2, 0.25) is 0 Å². The molecule has 1 atom stereocenters. The zero-order valence-corrected chi connectivity index (χ0v) is 9.79. The summed E-state index contributed by atoms with van der Waals surface area (Å²) in [6.45, 7) is 3.16. The van der Waals surface area contributed by atoms with Crippen molar-refractivity contribution in [2.45, 2.75) is 16.6 Å². The van der Waals surface area contributed by atoms with E-state index in [0.717, 1.165) is 10.6 Å². The van der Waals surface area contributed by atoms with E-state index < -0.39 is 5.25 Å². The molecule has 88 valence electrons. The predicted octanol–water partition coefficient (Wildman–Crippen LogP) is 1.22. The van der Waals surface area contributed by atoms with E-state index in [1.165, 1.54) is 11.8 Å². The number of hydrazone groups is 1. The molecule has 1 aromatic carbocycles. The van der Waals surface area contributed by atoms with Crippen molar-refractivity contribution in [3.8, 4) is 0 Å². The van der Waals surface area contributed by atoms with Crippen molar-refractivity contribution in [3.05, 3.63) is 24.3 Å². The van der Waals surface area contributed by atoms with E-state index in [4.69, 9.17) is 0 Å². The minimum atomic E-state index is -0.424. The predicted molar refractivity (Wildman–Crippen MR) is 67.0 cm³/mol. The molecule has 0 aromatic heterocycles. The number of benzene rings is 1. The first kappa shape index (κ1) is 11.7. The average Bonchev–Trinajstić information content (AvgIpc) is 2.30. The van der Waals surface area contributed by atoms with Gasteiger partial charge in [0.1, 0.15) is 0 Å². The van der Waals surface area contributed by atoms with Gasteiger partial charge in [0.25, 0.3) is 0 Å². The number of amides is 2. The second-order valence-corrected chi connectivity index (χ2v) is 4.73. The monoisotopic (exact) mass is 249 g/mol. The first-order valence-electron chi connectivity index (χ1n) is 5.02. The number of carbonyl (C=O) groups excluding carboxylic acids is 2. The molecule has 0 saturated heterocycles. The van der Waals surface area contributed by atoms with Crippen molar-refractivity contribution in [2.75, 3.05) is 5.32 Å². The van der Waals surface area contributed by atoms with Crippen molar-refractivity contribution in [2.24, 2.45) is 5.10 Å². The van der Waals surface area contributed by atoms with Gasteiger partial charge in [-0.3, -0.25) is 9.59 Å². The summed E-state index contributed by atoms with van der Waals surface area (Å²) in [4.78, 5) is 24.0. The maximum Gasteiger partial charge on any atom is 0.241 e. The number of nitrogens with zero attached hydrogens (tertiary/aromatic N) is 1. The van der Waals surface area contributed by atoms with Crippen LogP contribution in [0, 0.1) is 0 Å². The Labute approximate surface area is 103 Å². The van der Waals surface area contributed by atoms with E-state index in [1.807, 2.05) is 24.3 Å². The quantitative estimate of drug-likeness (QED) is 0.625. The summed E-state index contributed by atoms with van der Waals surface area (Å²) >= 11 is 1.38. The Morgan fingerprint density at radius 2 is 2.29 bits per heavy atom. The molecule has 1 aliphatic heterocycles. The third-order valence-corrected chi connectivity index (χ3v) is 3.56. The lowest BCUT2D eigenvalue weighted by Gasteiger charge is -2.23. The van der Waals surface area contributed by atoms with Gasteiger partial charge in [0.05, 0.1) is 10.9 Å². The van der Waals surface area contributed by atoms with Gasteiger partial charge in [-0.15, -0.1) is 11.8 Å². The number of carbonyl (C=O) groups is 2. The van der Waals surface area contributed by atoms with Crippen LogP contribution in [0.25, 0.3) is 0 Å². The smallest absolute Gasteiger partial charge is 0.241 e. The van der Waals surface area contributed by atoms with Gasteiger partial charge in [-0.05, 0) is 12.1 Å². The van der Waals surface area contributed by atoms with E-state index in [1.54, 1.807) is 0 Å². The average molecular weight is 249 g/mol. The number of hydrogen-bond acceptors (Lipinski definition) is 4. The summed E-state index contributed by atoms with van der Waals surface area (Å²) in [6.07, 6.45) is 0.0872. The second kappa shape index (κ2) is 5.01. The molecule has 0 spiro atoms. The molecular weight excluding hydrogens is 238 g/mol. The topological polar surface area (TPSA) is 70.6 Å². The Morgan fingerprint density at radius 3 is 3.06 bits per heavy atom. The molecule has 2 N–H and O–H groups in total. The van der Waals surface area contributed by atoms with Gasteiger partial charge in [-0.2, -0.15) is 5.10 Å². The third kappa shape index (κ3) is 2.65. The molecule has 0 fully saturated rings. The molecule has 0 saturated carbocycles. The lowest BCUT2D eigenvalue weighted by Crippen LogP contribution is -2.33. The molecule has 2 amide bonds. The summed E-state index contributed by atoms with van der Waals surface area (Å²) in [6, 6.07) is 7.50. The molecule has 0 aliphatic carbocycles. The minimum Gasteiger partial charge on any atom is -0.324 e. The van der Waals surface area contributed by atoms with Crippen molar-refractivity contribution in [1.29, 1.82) is 0 Å². The van der Waals surface area contributed by atoms with Crippen molar-refractivity contribution < 1.29 is 9.59 Å². The number of nitrogens with one attached hydrogen (secondary N) is 2. The van der Waals surface area contributed by atoms with Crippen LogP contribution in [0.5, 0.6) is 0 Å². The van der Waals surface area contributed by atoms with Crippen LogP contribution in [0.15, 0.2) is 34.3 Å². The largest absolute Gasteiger partial charge is 0.324 e. The highest BCUT2D eigenvalue weighted by atomic mass is 32.2. The van der Waals surface area contributed by atoms with Crippen LogP contribution in [0.4, 0.5) is 5.69 Å². The lowest BCUT2D eigenvalue weighted by molar-refractivity contribution is -0.124. The number of para-hydroxylation sites is 1. The highest BCUT2D eigenvalue weighted by Crippen LogP contribution is 2.36. The van der Waals surface area contributed by atoms with Crippen LogP contribution in [0.1, 0.15) is 6.42 Å². The van der Waals surface area contributed by atoms with Gasteiger partial charge >= 0.3 is 0 Å². The summed E-state index contributed by atoms with van der Waals surface area (Å²) in [5, 5.41) is 5.63. The Hall–Kier alpha value is -1.82. The molecule has 17 heavy (non-hydrogen) atoms. The Morgan fingerprint density at radius 1 is 1.53 bits per heavy atom. The Balaban J connectivity index is 2.10. The van der Waals surface area contributed by atoms with Crippen LogP contribution in [-0.2, 0) is 9.59 Å². The number of thioether (sulfide) groups is 1. The lowest BCUT2D eigenvalue weighted by atomic mass is 10.2. The van der Waals surface area contributed by atoms with E-state index in [9.17, 15) is 9.59 Å². The van der Waals surface area contributed by atoms with Crippen LogP contribution in [-0.4, -0.2) is 23.8 Å². The summed E-state index contributed by atoms with van der Waals surface area (Å²) in [7, 11) is 0. The highest BCUT2D eigenvalue weighted by Gasteiger charge is 2.28. The van der Waals surface area contributed by atoms with Crippen LogP contribution >= 0.6 is 11.8 Å². The molecule has 0 bridgehead atoms. The van der Waals surface area contributed by atoms with Crippen LogP contribution in [0.3, 0.4) is 0 Å². The first-order chi connectivity index (χ1) is 8.20. The first-order valence-corrected chi connectivity index (χ1v) is 5.90. The molecule has 2 rings (SSSR count). The van der Waals surface area contributed by atoms with Crippen molar-refractivity contribution in [3.63, 3.8) is 0 Å². The third-order valence-electron chi connectivity index (χ3n) is 2.28. The van der Waals surface area contributed by atoms with Crippen molar-refractivity contribution in [1.82, 2.24) is 5.43 Å². The molecule has 1 aliphatic rings. The molecule has 1 unspecified atom stereocenters. The number of rotatable bonds is 3. The Kier molecular flexibility index (Phi) is 3.43.